The molecule has 0 bridgehead atoms. The fourth-order valence-electron chi connectivity index (χ4n) is 2.00. The van der Waals surface area contributed by atoms with Crippen molar-refractivity contribution in [2.75, 3.05) is 24.6 Å². The van der Waals surface area contributed by atoms with E-state index in [-0.39, 0.29) is 17.8 Å². The molecule has 1 aromatic rings. The van der Waals surface area contributed by atoms with Crippen LogP contribution in [0.5, 0.6) is 0 Å². The minimum absolute atomic E-state index is 0.127. The van der Waals surface area contributed by atoms with Gasteiger partial charge in [0.15, 0.2) is 0 Å². The molecule has 1 saturated heterocycles. The van der Waals surface area contributed by atoms with Crippen molar-refractivity contribution in [1.29, 1.82) is 0 Å². The Hall–Kier alpha value is -1.78. The molecule has 4 nitrogen and oxygen atoms in total. The Kier molecular flexibility index (Phi) is 3.17. The third-order valence-electron chi connectivity index (χ3n) is 3.00. The van der Waals surface area contributed by atoms with Crippen molar-refractivity contribution in [2.45, 2.75) is 18.9 Å². The summed E-state index contributed by atoms with van der Waals surface area (Å²) in [6, 6.07) is 4.37. The molecule has 1 amide bonds. The van der Waals surface area contributed by atoms with Crippen LogP contribution in [0.2, 0.25) is 0 Å². The second kappa shape index (κ2) is 4.61. The van der Waals surface area contributed by atoms with Crippen LogP contribution < -0.4 is 11.1 Å². The lowest BCUT2D eigenvalue weighted by atomic mass is 10.1. The number of benzene rings is 1. The summed E-state index contributed by atoms with van der Waals surface area (Å²) in [5, 5.41) is 3.18. The Balaban J connectivity index is 2.06. The van der Waals surface area contributed by atoms with E-state index in [9.17, 15) is 9.18 Å². The molecule has 2 rings (SSSR count). The Labute approximate surface area is 99.6 Å². The minimum Gasteiger partial charge on any atom is -0.397 e. The van der Waals surface area contributed by atoms with Crippen molar-refractivity contribution in [1.82, 2.24) is 4.90 Å². The highest BCUT2D eigenvalue weighted by Gasteiger charge is 2.22. The number of likely N-dealkylation sites (tertiary alicyclic amines) is 1. The maximum Gasteiger partial charge on any atom is 0.222 e. The number of amides is 1. The Morgan fingerprint density at radius 2 is 2.29 bits per heavy atom. The Bertz CT molecular complexity index is 436. The van der Waals surface area contributed by atoms with Crippen LogP contribution >= 0.6 is 0 Å². The first-order chi connectivity index (χ1) is 8.06. The van der Waals surface area contributed by atoms with Gasteiger partial charge >= 0.3 is 0 Å². The van der Waals surface area contributed by atoms with Gasteiger partial charge in [0.1, 0.15) is 5.82 Å². The van der Waals surface area contributed by atoms with Crippen molar-refractivity contribution in [2.24, 2.45) is 0 Å². The first kappa shape index (κ1) is 11.7. The molecule has 0 radical (unpaired) electrons. The van der Waals surface area contributed by atoms with Gasteiger partial charge in [-0.15, -0.1) is 0 Å². The van der Waals surface area contributed by atoms with Crippen LogP contribution in [-0.2, 0) is 4.79 Å². The number of hydrogen-bond acceptors (Lipinski definition) is 3. The summed E-state index contributed by atoms with van der Waals surface area (Å²) < 4.78 is 13.1. The second-order valence-corrected chi connectivity index (χ2v) is 4.39. The SMILES string of the molecule is CN1CC(Nc2cc(F)ccc2N)CCC1=O. The van der Waals surface area contributed by atoms with Crippen LogP contribution in [0.1, 0.15) is 12.8 Å². The van der Waals surface area contributed by atoms with Crippen LogP contribution in [0.25, 0.3) is 0 Å². The zero-order valence-corrected chi connectivity index (χ0v) is 9.74. The summed E-state index contributed by atoms with van der Waals surface area (Å²) in [4.78, 5) is 13.0. The number of halogens is 1. The average molecular weight is 237 g/mol. The van der Waals surface area contributed by atoms with Gasteiger partial charge in [-0.05, 0) is 24.6 Å². The Morgan fingerprint density at radius 1 is 1.53 bits per heavy atom. The number of anilines is 2. The van der Waals surface area contributed by atoms with Crippen LogP contribution in [0.4, 0.5) is 15.8 Å². The van der Waals surface area contributed by atoms with Crippen molar-refractivity contribution in [3.8, 4) is 0 Å². The van der Waals surface area contributed by atoms with Crippen molar-refractivity contribution < 1.29 is 9.18 Å². The molecule has 1 aromatic carbocycles. The van der Waals surface area contributed by atoms with E-state index >= 15 is 0 Å². The molecule has 1 fully saturated rings. The molecule has 5 heteroatoms. The number of nitrogens with two attached hydrogens (primary N) is 1. The number of carbonyl (C=O) groups excluding carboxylic acids is 1. The minimum atomic E-state index is -0.318. The summed E-state index contributed by atoms with van der Waals surface area (Å²) >= 11 is 0. The highest BCUT2D eigenvalue weighted by molar-refractivity contribution is 5.77. The number of nitrogens with one attached hydrogen (secondary N) is 1. The molecule has 1 atom stereocenters. The van der Waals surface area contributed by atoms with Gasteiger partial charge in [0.2, 0.25) is 5.91 Å². The molecule has 1 unspecified atom stereocenters. The molecule has 1 aliphatic heterocycles. The predicted octanol–water partition coefficient (Wildman–Crippen LogP) is 1.44. The lowest BCUT2D eigenvalue weighted by Crippen LogP contribution is -2.43. The molecule has 3 N–H and O–H groups in total. The number of hydrogen-bond donors (Lipinski definition) is 2. The third kappa shape index (κ3) is 2.67. The summed E-state index contributed by atoms with van der Waals surface area (Å²) in [6.07, 6.45) is 1.27. The van der Waals surface area contributed by atoms with Crippen LogP contribution in [0, 0.1) is 5.82 Å². The molecule has 0 saturated carbocycles. The van der Waals surface area contributed by atoms with Crippen molar-refractivity contribution in [3.05, 3.63) is 24.0 Å². The smallest absolute Gasteiger partial charge is 0.222 e. The number of piperidine rings is 1. The van der Waals surface area contributed by atoms with Crippen LogP contribution in [0.15, 0.2) is 18.2 Å². The zero-order chi connectivity index (χ0) is 12.4. The number of rotatable bonds is 2. The molecule has 0 aliphatic carbocycles. The molecule has 1 heterocycles. The van der Waals surface area contributed by atoms with Gasteiger partial charge in [0, 0.05) is 26.1 Å². The zero-order valence-electron chi connectivity index (χ0n) is 9.74. The van der Waals surface area contributed by atoms with E-state index in [1.54, 1.807) is 11.9 Å². The maximum atomic E-state index is 13.1. The van der Waals surface area contributed by atoms with E-state index in [1.807, 2.05) is 0 Å². The predicted molar refractivity (Wildman–Crippen MR) is 65.1 cm³/mol. The molecule has 17 heavy (non-hydrogen) atoms. The Morgan fingerprint density at radius 3 is 3.00 bits per heavy atom. The average Bonchev–Trinajstić information content (AvgIpc) is 2.29. The van der Waals surface area contributed by atoms with E-state index < -0.39 is 0 Å². The number of nitrogen functional groups attached to an aromatic ring is 1. The van der Waals surface area contributed by atoms with E-state index in [0.29, 0.717) is 24.3 Å². The summed E-state index contributed by atoms with van der Waals surface area (Å²) in [7, 11) is 1.77. The van der Waals surface area contributed by atoms with Crippen molar-refractivity contribution in [3.63, 3.8) is 0 Å². The topological polar surface area (TPSA) is 58.4 Å². The molecule has 1 aliphatic rings. The number of likely N-dealkylation sites (N-methyl/N-ethyl adjacent to an activating group) is 1. The summed E-state index contributed by atoms with van der Waals surface area (Å²) in [5.41, 5.74) is 6.87. The first-order valence-corrected chi connectivity index (χ1v) is 5.62. The fraction of sp³-hybridized carbons (Fsp3) is 0.417. The quantitative estimate of drug-likeness (QED) is 0.765. The molecular formula is C12H16FN3O. The largest absolute Gasteiger partial charge is 0.397 e. The van der Waals surface area contributed by atoms with Crippen LogP contribution in [0.3, 0.4) is 0 Å². The third-order valence-corrected chi connectivity index (χ3v) is 3.00. The molecule has 92 valence electrons. The highest BCUT2D eigenvalue weighted by Crippen LogP contribution is 2.22. The standard InChI is InChI=1S/C12H16FN3O/c1-16-7-9(3-5-12(16)17)15-11-6-8(13)2-4-10(11)14/h2,4,6,9,15H,3,5,7,14H2,1H3. The van der Waals surface area contributed by atoms with E-state index in [2.05, 4.69) is 5.32 Å². The molecule has 0 spiro atoms. The highest BCUT2D eigenvalue weighted by atomic mass is 19.1. The number of nitrogens with zero attached hydrogens (tertiary/aromatic N) is 1. The monoisotopic (exact) mass is 237 g/mol. The van der Waals surface area contributed by atoms with E-state index in [1.165, 1.54) is 18.2 Å². The molecular weight excluding hydrogens is 221 g/mol. The second-order valence-electron chi connectivity index (χ2n) is 4.39. The normalized spacial score (nSPS) is 20.5. The van der Waals surface area contributed by atoms with Gasteiger partial charge in [0.25, 0.3) is 0 Å². The van der Waals surface area contributed by atoms with Gasteiger partial charge in [-0.2, -0.15) is 0 Å². The van der Waals surface area contributed by atoms with Gasteiger partial charge in [-0.1, -0.05) is 0 Å². The molecule has 0 aromatic heterocycles. The van der Waals surface area contributed by atoms with Gasteiger partial charge in [-0.3, -0.25) is 4.79 Å². The summed E-state index contributed by atoms with van der Waals surface area (Å²) in [6.45, 7) is 0.620. The van der Waals surface area contributed by atoms with E-state index in [0.717, 1.165) is 6.42 Å². The van der Waals surface area contributed by atoms with Crippen molar-refractivity contribution >= 4 is 17.3 Å². The van der Waals surface area contributed by atoms with Gasteiger partial charge in [-0.25, -0.2) is 4.39 Å². The maximum absolute atomic E-state index is 13.1. The van der Waals surface area contributed by atoms with Crippen LogP contribution in [-0.4, -0.2) is 30.4 Å². The van der Waals surface area contributed by atoms with Gasteiger partial charge < -0.3 is 16.0 Å². The first-order valence-electron chi connectivity index (χ1n) is 5.62. The number of carbonyl (C=O) groups is 1. The lowest BCUT2D eigenvalue weighted by molar-refractivity contribution is -0.132. The van der Waals surface area contributed by atoms with Gasteiger partial charge in [0.05, 0.1) is 11.4 Å². The fourth-order valence-corrected chi connectivity index (χ4v) is 2.00. The summed E-state index contributed by atoms with van der Waals surface area (Å²) in [5.74, 6) is -0.169. The van der Waals surface area contributed by atoms with E-state index in [4.69, 9.17) is 5.73 Å². The lowest BCUT2D eigenvalue weighted by Gasteiger charge is -2.31.